The fourth-order valence-corrected chi connectivity index (χ4v) is 5.11. The lowest BCUT2D eigenvalue weighted by Gasteiger charge is -2.22. The van der Waals surface area contributed by atoms with Crippen LogP contribution in [0.15, 0.2) is 83.7 Å². The Hall–Kier alpha value is -3.87. The van der Waals surface area contributed by atoms with Crippen LogP contribution in [0, 0.1) is 5.41 Å². The molecule has 51 heavy (non-hydrogen) atoms. The summed E-state index contributed by atoms with van der Waals surface area (Å²) in [5.41, 5.74) is 3.73. The molecule has 2 aromatic carbocycles. The van der Waals surface area contributed by atoms with Gasteiger partial charge in [-0.1, -0.05) is 44.5 Å². The highest BCUT2D eigenvalue weighted by molar-refractivity contribution is 9.10. The van der Waals surface area contributed by atoms with E-state index in [9.17, 15) is 9.59 Å². The molecular formula is C38H45BrCl2N6O4. The smallest absolute Gasteiger partial charge is 0.257 e. The maximum atomic E-state index is 13.2. The number of nitrogens with zero attached hydrogens (tertiary/aromatic N) is 4. The molecule has 0 unspecified atom stereocenters. The number of methoxy groups -OCH3 is 2. The lowest BCUT2D eigenvalue weighted by Crippen LogP contribution is -2.34. The quantitative estimate of drug-likeness (QED) is 0.153. The monoisotopic (exact) mass is 798 g/mol. The van der Waals surface area contributed by atoms with Crippen molar-refractivity contribution in [2.75, 3.05) is 19.5 Å². The number of ether oxygens (including phenoxy) is 2. The van der Waals surface area contributed by atoms with E-state index in [4.69, 9.17) is 21.1 Å². The second kappa shape index (κ2) is 17.1. The second-order valence-corrected chi connectivity index (χ2v) is 15.0. The maximum absolute atomic E-state index is 13.2. The molecule has 2 amide bonds. The molecule has 0 aliphatic rings. The van der Waals surface area contributed by atoms with E-state index < -0.39 is 11.0 Å². The Kier molecular flexibility index (Phi) is 13.9. The molecule has 0 aliphatic heterocycles. The summed E-state index contributed by atoms with van der Waals surface area (Å²) in [5.74, 6) is -0.429. The number of amides is 2. The summed E-state index contributed by atoms with van der Waals surface area (Å²) in [7, 11) is 3.34. The molecule has 5 aromatic rings. The lowest BCUT2D eigenvalue weighted by atomic mass is 9.95. The van der Waals surface area contributed by atoms with Gasteiger partial charge in [-0.15, -0.1) is 12.4 Å². The van der Waals surface area contributed by atoms with Gasteiger partial charge in [-0.05, 0) is 97.7 Å². The van der Waals surface area contributed by atoms with E-state index in [1.54, 1.807) is 55.7 Å². The zero-order valence-corrected chi connectivity index (χ0v) is 33.5. The molecule has 3 aromatic heterocycles. The van der Waals surface area contributed by atoms with Crippen LogP contribution in [0.5, 0.6) is 0 Å². The highest BCUT2D eigenvalue weighted by atomic mass is 79.9. The molecule has 10 nitrogen and oxygen atoms in total. The van der Waals surface area contributed by atoms with E-state index in [2.05, 4.69) is 41.6 Å². The third kappa shape index (κ3) is 10.4. The van der Waals surface area contributed by atoms with E-state index in [-0.39, 0.29) is 29.8 Å². The fourth-order valence-electron chi connectivity index (χ4n) is 4.67. The average Bonchev–Trinajstić information content (AvgIpc) is 3.53. The molecule has 0 atom stereocenters. The summed E-state index contributed by atoms with van der Waals surface area (Å²) in [6.45, 7) is 13.7. The van der Waals surface area contributed by atoms with Gasteiger partial charge in [0.1, 0.15) is 11.2 Å². The fraction of sp³-hybridized carbons (Fsp3) is 0.342. The van der Waals surface area contributed by atoms with Crippen molar-refractivity contribution in [3.05, 3.63) is 111 Å². The SMILES string of the molecule is COC(C)(C)c1ccc(-n2ncc3c(NC(=O)c4cc(CNC(=O)C(C)(C)C)ccc4Cl)cccc32)cn1.COC(C)(C)c1ccc(Br)cn1.Cl. The molecule has 272 valence electrons. The van der Waals surface area contributed by atoms with Gasteiger partial charge in [-0.2, -0.15) is 5.10 Å². The van der Waals surface area contributed by atoms with Crippen LogP contribution in [0.1, 0.15) is 75.8 Å². The van der Waals surface area contributed by atoms with Crippen LogP contribution in [0.25, 0.3) is 16.6 Å². The predicted molar refractivity (Wildman–Crippen MR) is 209 cm³/mol. The van der Waals surface area contributed by atoms with E-state index in [1.807, 2.05) is 90.9 Å². The first kappa shape index (κ1) is 41.5. The minimum atomic E-state index is -0.506. The molecular weight excluding hydrogens is 755 g/mol. The van der Waals surface area contributed by atoms with Gasteiger partial charge in [0, 0.05) is 42.2 Å². The molecule has 0 radical (unpaired) electrons. The number of carbonyl (C=O) groups is 2. The summed E-state index contributed by atoms with van der Waals surface area (Å²) in [6, 6.07) is 18.5. The van der Waals surface area contributed by atoms with Crippen LogP contribution in [0.2, 0.25) is 5.02 Å². The van der Waals surface area contributed by atoms with Crippen molar-refractivity contribution < 1.29 is 19.1 Å². The lowest BCUT2D eigenvalue weighted by molar-refractivity contribution is -0.128. The zero-order valence-electron chi connectivity index (χ0n) is 30.3. The molecule has 0 spiro atoms. The molecule has 2 N–H and O–H groups in total. The average molecular weight is 801 g/mol. The Morgan fingerprint density at radius 3 is 2.02 bits per heavy atom. The molecule has 0 bridgehead atoms. The number of hydrogen-bond donors (Lipinski definition) is 2. The Balaban J connectivity index is 0.000000459. The largest absolute Gasteiger partial charge is 0.373 e. The van der Waals surface area contributed by atoms with E-state index in [0.29, 0.717) is 22.8 Å². The number of pyridine rings is 2. The van der Waals surface area contributed by atoms with Gasteiger partial charge in [-0.25, -0.2) is 4.68 Å². The Morgan fingerprint density at radius 1 is 0.843 bits per heavy atom. The van der Waals surface area contributed by atoms with Crippen LogP contribution < -0.4 is 10.6 Å². The normalized spacial score (nSPS) is 11.7. The van der Waals surface area contributed by atoms with Gasteiger partial charge >= 0.3 is 0 Å². The standard InChI is InChI=1S/C29H32ClN5O3.C9H12BrNO.ClH/c1-28(2,3)27(37)32-15-18-10-12-22(30)20(14-18)26(36)34-23-8-7-9-24-21(23)17-33-35(24)19-11-13-25(31-16-19)29(4,5)38-6;1-9(2,12-3)8-5-4-7(10)6-11-8;/h7-14,16-17H,15H2,1-6H3,(H,32,37)(H,34,36);4-6H,1-3H3;1H. The number of fused-ring (bicyclic) bond motifs is 1. The molecule has 5 rings (SSSR count). The van der Waals surface area contributed by atoms with Crippen LogP contribution in [-0.2, 0) is 32.0 Å². The Morgan fingerprint density at radius 2 is 1.47 bits per heavy atom. The molecule has 3 heterocycles. The maximum Gasteiger partial charge on any atom is 0.257 e. The number of aromatic nitrogens is 4. The summed E-state index contributed by atoms with van der Waals surface area (Å²) < 4.78 is 13.6. The van der Waals surface area contributed by atoms with E-state index in [1.165, 1.54) is 0 Å². The van der Waals surface area contributed by atoms with Crippen LogP contribution in [0.3, 0.4) is 0 Å². The molecule has 13 heteroatoms. The van der Waals surface area contributed by atoms with Crippen molar-refractivity contribution in [3.8, 4) is 5.69 Å². The number of benzene rings is 2. The minimum absolute atomic E-state index is 0. The van der Waals surface area contributed by atoms with Gasteiger partial charge in [0.2, 0.25) is 5.91 Å². The summed E-state index contributed by atoms with van der Waals surface area (Å²) >= 11 is 9.70. The van der Waals surface area contributed by atoms with Crippen molar-refractivity contribution in [1.29, 1.82) is 0 Å². The first-order valence-corrected chi connectivity index (χ1v) is 17.2. The number of rotatable bonds is 9. The van der Waals surface area contributed by atoms with Crippen LogP contribution in [-0.4, -0.2) is 45.8 Å². The zero-order chi connectivity index (χ0) is 36.9. The number of carbonyl (C=O) groups excluding carboxylic acids is 2. The summed E-state index contributed by atoms with van der Waals surface area (Å²) in [6.07, 6.45) is 5.23. The van der Waals surface area contributed by atoms with Crippen LogP contribution in [0.4, 0.5) is 5.69 Å². The number of hydrogen-bond acceptors (Lipinski definition) is 7. The number of nitrogens with one attached hydrogen (secondary N) is 2. The second-order valence-electron chi connectivity index (χ2n) is 13.7. The van der Waals surface area contributed by atoms with E-state index >= 15 is 0 Å². The molecule has 0 fully saturated rings. The molecule has 0 saturated heterocycles. The topological polar surface area (TPSA) is 120 Å². The summed E-state index contributed by atoms with van der Waals surface area (Å²) in [4.78, 5) is 34.3. The van der Waals surface area contributed by atoms with Gasteiger partial charge in [0.05, 0.1) is 51.3 Å². The minimum Gasteiger partial charge on any atom is -0.373 e. The number of anilines is 1. The van der Waals surface area contributed by atoms with Gasteiger partial charge in [0.15, 0.2) is 0 Å². The van der Waals surface area contributed by atoms with Crippen molar-refractivity contribution in [2.24, 2.45) is 5.41 Å². The van der Waals surface area contributed by atoms with Gasteiger partial charge in [-0.3, -0.25) is 19.6 Å². The third-order valence-electron chi connectivity index (χ3n) is 8.25. The van der Waals surface area contributed by atoms with Crippen molar-refractivity contribution >= 4 is 68.3 Å². The third-order valence-corrected chi connectivity index (χ3v) is 9.04. The van der Waals surface area contributed by atoms with E-state index in [0.717, 1.165) is 38.0 Å². The van der Waals surface area contributed by atoms with Crippen LogP contribution >= 0.6 is 39.9 Å². The Labute approximate surface area is 319 Å². The highest BCUT2D eigenvalue weighted by Gasteiger charge is 2.23. The van der Waals surface area contributed by atoms with Crippen molar-refractivity contribution in [3.63, 3.8) is 0 Å². The Bertz CT molecular complexity index is 1960. The van der Waals surface area contributed by atoms with Gasteiger partial charge < -0.3 is 20.1 Å². The van der Waals surface area contributed by atoms with Crippen molar-refractivity contribution in [2.45, 2.75) is 66.2 Å². The highest BCUT2D eigenvalue weighted by Crippen LogP contribution is 2.28. The molecule has 0 aliphatic carbocycles. The van der Waals surface area contributed by atoms with Gasteiger partial charge in [0.25, 0.3) is 5.91 Å². The predicted octanol–water partition coefficient (Wildman–Crippen LogP) is 9.02. The van der Waals surface area contributed by atoms with Crippen molar-refractivity contribution in [1.82, 2.24) is 25.1 Å². The molecule has 0 saturated carbocycles. The summed E-state index contributed by atoms with van der Waals surface area (Å²) in [5, 5.41) is 11.5. The number of halogens is 3. The first-order chi connectivity index (χ1) is 23.5. The first-order valence-electron chi connectivity index (χ1n) is 16.0.